The zero-order valence-electron chi connectivity index (χ0n) is 74.0. The van der Waals surface area contributed by atoms with Crippen molar-refractivity contribution in [2.45, 2.75) is 151 Å². The van der Waals surface area contributed by atoms with Gasteiger partial charge in [-0.2, -0.15) is 22.8 Å². The molecule has 2 aliphatic rings. The molecular formula is C109H119N8S2+5. The highest BCUT2D eigenvalue weighted by Gasteiger charge is 2.55. The van der Waals surface area contributed by atoms with Crippen LogP contribution in [0.4, 0.5) is 0 Å². The van der Waals surface area contributed by atoms with Gasteiger partial charge in [-0.15, -0.1) is 0 Å². The third kappa shape index (κ3) is 15.6. The number of rotatable bonds is 11. The predicted octanol–water partition coefficient (Wildman–Crippen LogP) is 25.3. The lowest BCUT2D eigenvalue weighted by molar-refractivity contribution is -0.660. The summed E-state index contributed by atoms with van der Waals surface area (Å²) in [7, 11) is 10.8. The van der Waals surface area contributed by atoms with Crippen LogP contribution in [-0.2, 0) is 56.9 Å². The number of thiazole rings is 2. The van der Waals surface area contributed by atoms with Crippen LogP contribution in [0.2, 0.25) is 0 Å². The van der Waals surface area contributed by atoms with Gasteiger partial charge in [0.1, 0.15) is 37.4 Å². The van der Waals surface area contributed by atoms with Crippen LogP contribution in [0, 0.1) is 34.6 Å². The van der Waals surface area contributed by atoms with Crippen LogP contribution in [0.25, 0.3) is 107 Å². The fraction of sp³-hybridized carbons (Fsp3) is 0.257. The molecule has 0 amide bonds. The van der Waals surface area contributed by atoms with E-state index in [0.29, 0.717) is 11.8 Å². The van der Waals surface area contributed by atoms with Crippen LogP contribution in [0.3, 0.4) is 0 Å². The number of aromatic nitrogens is 8. The molecule has 0 atom stereocenters. The molecule has 0 radical (unpaired) electrons. The van der Waals surface area contributed by atoms with Crippen molar-refractivity contribution in [2.75, 3.05) is 0 Å². The fourth-order valence-corrected chi connectivity index (χ4v) is 19.9. The topological polar surface area (TPSA) is 34.2 Å². The Kier molecular flexibility index (Phi) is 24.2. The summed E-state index contributed by atoms with van der Waals surface area (Å²) in [5.41, 5.74) is 37.8. The Labute approximate surface area is 716 Å². The lowest BCUT2D eigenvalue weighted by Crippen LogP contribution is -2.46. The van der Waals surface area contributed by atoms with Gasteiger partial charge in [-0.3, -0.25) is 0 Å². The summed E-state index contributed by atoms with van der Waals surface area (Å²) < 4.78 is 18.8. The number of hydrogen-bond donors (Lipinski definition) is 0. The van der Waals surface area contributed by atoms with Crippen LogP contribution < -0.4 is 22.8 Å². The molecule has 0 fully saturated rings. The maximum atomic E-state index is 2.50. The average Bonchev–Trinajstić information content (AvgIpc) is 1.56. The Bertz CT molecular complexity index is 6250. The summed E-state index contributed by atoms with van der Waals surface area (Å²) in [5.74, 6) is 3.30. The average molecular weight is 1610 g/mol. The van der Waals surface area contributed by atoms with E-state index in [1.54, 1.807) is 22.7 Å². The largest absolute Gasteiger partial charge is 0.294 e. The summed E-state index contributed by atoms with van der Waals surface area (Å²) in [6.45, 7) is 39.3. The van der Waals surface area contributed by atoms with Gasteiger partial charge < -0.3 is 0 Å². The predicted molar refractivity (Wildman–Crippen MR) is 499 cm³/mol. The molecule has 18 rings (SSSR count). The van der Waals surface area contributed by atoms with Crippen molar-refractivity contribution in [3.63, 3.8) is 0 Å². The number of hydrogen-bond acceptors (Lipinski definition) is 2. The summed E-state index contributed by atoms with van der Waals surface area (Å²) in [6, 6.07) is 99.6. The lowest BCUT2D eigenvalue weighted by Gasteiger charge is -2.45. The highest BCUT2D eigenvalue weighted by Crippen LogP contribution is 2.57. The van der Waals surface area contributed by atoms with E-state index >= 15 is 0 Å². The number of imidazole rings is 3. The quantitative estimate of drug-likeness (QED) is 0.116. The fourth-order valence-electron chi connectivity index (χ4n) is 18.0. The summed E-state index contributed by atoms with van der Waals surface area (Å²) in [5, 5.41) is 5.71. The smallest absolute Gasteiger partial charge is 0.232 e. The van der Waals surface area contributed by atoms with E-state index in [-0.39, 0.29) is 21.7 Å². The number of nitrogens with zero attached hydrogens (tertiary/aromatic N) is 8. The van der Waals surface area contributed by atoms with Crippen molar-refractivity contribution in [2.24, 2.45) is 35.2 Å². The first-order chi connectivity index (χ1) is 57.0. The minimum Gasteiger partial charge on any atom is -0.232 e. The second kappa shape index (κ2) is 34.3. The molecule has 11 aromatic carbocycles. The van der Waals surface area contributed by atoms with Gasteiger partial charge in [-0.1, -0.05) is 312 Å². The van der Waals surface area contributed by atoms with Gasteiger partial charge in [0.25, 0.3) is 16.7 Å². The van der Waals surface area contributed by atoms with Crippen LogP contribution in [0.5, 0.6) is 0 Å². The van der Waals surface area contributed by atoms with Crippen molar-refractivity contribution >= 4 is 22.7 Å². The molecule has 2 aliphatic carbocycles. The summed E-state index contributed by atoms with van der Waals surface area (Å²) in [4.78, 5) is 0. The number of aryl methyl sites for hydroxylation is 7. The van der Waals surface area contributed by atoms with E-state index in [9.17, 15) is 0 Å². The van der Waals surface area contributed by atoms with E-state index in [0.717, 1.165) is 0 Å². The zero-order valence-corrected chi connectivity index (χ0v) is 75.6. The molecule has 0 N–H and O–H groups in total. The number of para-hydroxylation sites is 3. The van der Waals surface area contributed by atoms with Gasteiger partial charge in [0.15, 0.2) is 28.5 Å². The van der Waals surface area contributed by atoms with Gasteiger partial charge in [0.2, 0.25) is 23.2 Å². The first-order valence-corrected chi connectivity index (χ1v) is 43.9. The Morgan fingerprint density at radius 1 is 0.361 bits per heavy atom. The monoisotopic (exact) mass is 1600 g/mol. The van der Waals surface area contributed by atoms with E-state index in [1.807, 2.05) is 0 Å². The zero-order chi connectivity index (χ0) is 84.6. The van der Waals surface area contributed by atoms with Crippen LogP contribution in [0.15, 0.2) is 308 Å². The summed E-state index contributed by atoms with van der Waals surface area (Å²) >= 11 is 3.53. The lowest BCUT2D eigenvalue weighted by atomic mass is 9.57. The van der Waals surface area contributed by atoms with Crippen molar-refractivity contribution in [3.05, 3.63) is 369 Å². The number of benzene rings is 11. The van der Waals surface area contributed by atoms with Crippen molar-refractivity contribution in [1.29, 1.82) is 0 Å². The van der Waals surface area contributed by atoms with Gasteiger partial charge in [-0.05, 0) is 158 Å². The second-order valence-electron chi connectivity index (χ2n) is 35.1. The first-order valence-electron chi connectivity index (χ1n) is 42.1. The SMILES string of the molecule is Cc1cccc2c1-c1c(n(-c3ccccc3)c(-c3ccccc3)[n+]1C)C(C)(C)C2(C)C.Cc1cccc2c1-c1c(n(-c3ccccc3)c[n+]1C)C(C)(C)C2(C)C.Cc1ccccc1-c1c[n+](-c2c(C(C)C)cccc2C(C)C)c(-c2ccccc2)n1C.Cc1ccccc1-c1csc(-c2ccccc2)[n+]1C.Cc1ccccc1-c1csc[n+]1C. The van der Waals surface area contributed by atoms with Gasteiger partial charge in [-0.25, -0.2) is 13.7 Å². The maximum absolute atomic E-state index is 2.50. The minimum absolute atomic E-state index is 0.000226. The van der Waals surface area contributed by atoms with Crippen molar-refractivity contribution in [3.8, 4) is 107 Å². The van der Waals surface area contributed by atoms with Crippen LogP contribution in [0.1, 0.15) is 156 Å². The molecule has 0 spiro atoms. The van der Waals surface area contributed by atoms with Crippen molar-refractivity contribution in [1.82, 2.24) is 13.7 Å². The molecule has 16 aromatic rings. The molecule has 0 saturated heterocycles. The summed E-state index contributed by atoms with van der Waals surface area (Å²) in [6.07, 6.45) is 4.57. The molecule has 0 saturated carbocycles. The Balaban J connectivity index is 0.000000125. The normalized spacial score (nSPS) is 13.5. The Morgan fingerprint density at radius 3 is 1.25 bits per heavy atom. The van der Waals surface area contributed by atoms with E-state index in [2.05, 4.69) is 497 Å². The van der Waals surface area contributed by atoms with Crippen LogP contribution >= 0.6 is 22.7 Å². The molecule has 602 valence electrons. The molecule has 5 aromatic heterocycles. The highest BCUT2D eigenvalue weighted by atomic mass is 32.1. The third-order valence-corrected chi connectivity index (χ3v) is 27.8. The molecule has 119 heavy (non-hydrogen) atoms. The van der Waals surface area contributed by atoms with Gasteiger partial charge >= 0.3 is 0 Å². The van der Waals surface area contributed by atoms with E-state index < -0.39 is 0 Å². The Hall–Kier alpha value is -11.7. The molecule has 0 aliphatic heterocycles. The third-order valence-electron chi connectivity index (χ3n) is 26.0. The standard InChI is InChI=1S/C29H31N2.C29H33N2.C23H27N2.C17H16NS.C11H12NS/c1-20-14-13-19-23-24(20)25-26(29(4,5)28(23,2)3)31(22-17-11-8-12-18-22)27(30(25)6)21-15-9-7-10-16-21;1-20(2)24-17-12-18-25(21(3)4)28(24)31-19-27(26-16-11-10-13-22(26)5)30(6)29(31)23-14-8-7-9-15-23;1-16-11-10-14-18-19(16)20-21(23(4,5)22(18,2)3)25(15-24(20)6)17-12-8-7-9-13-17;1-13-8-6-7-11-15(13)16-12-19-17(18(16)2)14-9-4-3-5-10-14;1-9-5-3-4-6-10(9)11-7-13-8-12(11)2/h7-19H,1-6H3;7-21H,1-6H3;7-15H,1-6H3;3-12H,1-2H3;3-8H,1-2H3/q5*+1. The van der Waals surface area contributed by atoms with Gasteiger partial charge in [0.05, 0.1) is 48.6 Å². The minimum atomic E-state index is -0.0796. The molecule has 0 bridgehead atoms. The molecule has 10 heteroatoms. The van der Waals surface area contributed by atoms with Gasteiger partial charge in [0, 0.05) is 60.6 Å². The molecular weight excluding hydrogens is 1490 g/mol. The number of fused-ring (bicyclic) bond motifs is 6. The molecule has 0 unspecified atom stereocenters. The molecule has 5 heterocycles. The first kappa shape index (κ1) is 83.8. The van der Waals surface area contributed by atoms with E-state index in [4.69, 9.17) is 0 Å². The molecule has 8 nitrogen and oxygen atoms in total. The maximum Gasteiger partial charge on any atom is 0.294 e. The second-order valence-corrected chi connectivity index (χ2v) is 36.7. The van der Waals surface area contributed by atoms with Crippen molar-refractivity contribution < 1.29 is 22.8 Å². The van der Waals surface area contributed by atoms with Crippen LogP contribution in [-0.4, -0.2) is 13.7 Å². The highest BCUT2D eigenvalue weighted by molar-refractivity contribution is 7.13. The Morgan fingerprint density at radius 2 is 0.773 bits per heavy atom. The van der Waals surface area contributed by atoms with E-state index in [1.165, 1.54) is 168 Å².